The molecular formula is C21H23NO3. The first-order chi connectivity index (χ1) is 12.1. The SMILES string of the molecule is COCc1cnc2c(-c3cc(C)cc(OC)c3)cc(C)cc2c1OC. The number of aromatic nitrogens is 1. The van der Waals surface area contributed by atoms with Gasteiger partial charge in [0.05, 0.1) is 26.3 Å². The summed E-state index contributed by atoms with van der Waals surface area (Å²) in [6.07, 6.45) is 1.83. The smallest absolute Gasteiger partial charge is 0.135 e. The van der Waals surface area contributed by atoms with E-state index < -0.39 is 0 Å². The average molecular weight is 337 g/mol. The molecule has 1 aromatic heterocycles. The van der Waals surface area contributed by atoms with Crippen molar-refractivity contribution in [2.75, 3.05) is 21.3 Å². The van der Waals surface area contributed by atoms with Gasteiger partial charge in [0.2, 0.25) is 0 Å². The van der Waals surface area contributed by atoms with E-state index in [1.165, 1.54) is 0 Å². The van der Waals surface area contributed by atoms with Crippen LogP contribution in [0.25, 0.3) is 22.0 Å². The van der Waals surface area contributed by atoms with Gasteiger partial charge in [-0.05, 0) is 54.8 Å². The molecular weight excluding hydrogens is 314 g/mol. The van der Waals surface area contributed by atoms with Gasteiger partial charge in [-0.15, -0.1) is 0 Å². The number of hydrogen-bond acceptors (Lipinski definition) is 4. The number of fused-ring (bicyclic) bond motifs is 1. The van der Waals surface area contributed by atoms with Gasteiger partial charge in [0.1, 0.15) is 11.5 Å². The average Bonchev–Trinajstić information content (AvgIpc) is 2.60. The summed E-state index contributed by atoms with van der Waals surface area (Å²) >= 11 is 0. The molecule has 1 heterocycles. The highest BCUT2D eigenvalue weighted by molar-refractivity contribution is 5.98. The van der Waals surface area contributed by atoms with E-state index in [-0.39, 0.29) is 0 Å². The summed E-state index contributed by atoms with van der Waals surface area (Å²) in [5.74, 6) is 1.66. The maximum absolute atomic E-state index is 5.68. The molecule has 0 unspecified atom stereocenters. The second-order valence-corrected chi connectivity index (χ2v) is 6.20. The Morgan fingerprint density at radius 3 is 2.32 bits per heavy atom. The molecule has 4 nitrogen and oxygen atoms in total. The number of pyridine rings is 1. The third-order valence-electron chi connectivity index (χ3n) is 4.24. The molecule has 4 heteroatoms. The van der Waals surface area contributed by atoms with Gasteiger partial charge >= 0.3 is 0 Å². The lowest BCUT2D eigenvalue weighted by molar-refractivity contribution is 0.181. The normalized spacial score (nSPS) is 10.9. The molecule has 0 amide bonds. The third-order valence-corrected chi connectivity index (χ3v) is 4.24. The van der Waals surface area contributed by atoms with E-state index >= 15 is 0 Å². The van der Waals surface area contributed by atoms with Crippen LogP contribution < -0.4 is 9.47 Å². The quantitative estimate of drug-likeness (QED) is 0.678. The first-order valence-electron chi connectivity index (χ1n) is 8.18. The Balaban J connectivity index is 2.31. The van der Waals surface area contributed by atoms with Crippen LogP contribution in [0.1, 0.15) is 16.7 Å². The van der Waals surface area contributed by atoms with E-state index in [0.717, 1.165) is 50.2 Å². The van der Waals surface area contributed by atoms with Gasteiger partial charge in [0, 0.05) is 29.8 Å². The molecule has 0 N–H and O–H groups in total. The van der Waals surface area contributed by atoms with Crippen LogP contribution in [0, 0.1) is 13.8 Å². The van der Waals surface area contributed by atoms with Crippen LogP contribution in [0.15, 0.2) is 36.5 Å². The first-order valence-corrected chi connectivity index (χ1v) is 8.18. The highest BCUT2D eigenvalue weighted by Crippen LogP contribution is 2.37. The molecule has 0 fully saturated rings. The maximum Gasteiger partial charge on any atom is 0.135 e. The molecule has 0 aliphatic rings. The van der Waals surface area contributed by atoms with Crippen molar-refractivity contribution in [2.45, 2.75) is 20.5 Å². The maximum atomic E-state index is 5.68. The van der Waals surface area contributed by atoms with Crippen molar-refractivity contribution in [3.63, 3.8) is 0 Å². The number of rotatable bonds is 5. The fourth-order valence-electron chi connectivity index (χ4n) is 3.21. The third kappa shape index (κ3) is 3.30. The largest absolute Gasteiger partial charge is 0.497 e. The monoisotopic (exact) mass is 337 g/mol. The molecule has 130 valence electrons. The van der Waals surface area contributed by atoms with Crippen molar-refractivity contribution in [2.24, 2.45) is 0 Å². The summed E-state index contributed by atoms with van der Waals surface area (Å²) in [4.78, 5) is 4.71. The minimum absolute atomic E-state index is 0.466. The number of methoxy groups -OCH3 is 3. The fourth-order valence-corrected chi connectivity index (χ4v) is 3.21. The molecule has 3 aromatic rings. The molecule has 0 aliphatic carbocycles. The predicted molar refractivity (Wildman–Crippen MR) is 100 cm³/mol. The van der Waals surface area contributed by atoms with E-state index in [1.807, 2.05) is 18.3 Å². The molecule has 0 atom stereocenters. The second kappa shape index (κ2) is 7.11. The topological polar surface area (TPSA) is 40.6 Å². The minimum Gasteiger partial charge on any atom is -0.497 e. The second-order valence-electron chi connectivity index (χ2n) is 6.20. The summed E-state index contributed by atoms with van der Waals surface area (Å²) in [6.45, 7) is 4.61. The Kier molecular flexibility index (Phi) is 4.91. The predicted octanol–water partition coefficient (Wildman–Crippen LogP) is 4.68. The molecule has 2 aromatic carbocycles. The lowest BCUT2D eigenvalue weighted by atomic mass is 9.96. The van der Waals surface area contributed by atoms with E-state index in [9.17, 15) is 0 Å². The molecule has 0 saturated heterocycles. The Hall–Kier alpha value is -2.59. The molecule has 0 saturated carbocycles. The zero-order valence-corrected chi connectivity index (χ0v) is 15.3. The number of nitrogens with zero attached hydrogens (tertiary/aromatic N) is 1. The van der Waals surface area contributed by atoms with Crippen molar-refractivity contribution in [1.29, 1.82) is 0 Å². The van der Waals surface area contributed by atoms with Gasteiger partial charge in [0.15, 0.2) is 0 Å². The number of benzene rings is 2. The number of ether oxygens (including phenoxy) is 3. The van der Waals surface area contributed by atoms with Crippen molar-refractivity contribution >= 4 is 10.9 Å². The highest BCUT2D eigenvalue weighted by Gasteiger charge is 2.15. The zero-order valence-electron chi connectivity index (χ0n) is 15.3. The number of hydrogen-bond donors (Lipinski definition) is 0. The van der Waals surface area contributed by atoms with E-state index in [1.54, 1.807) is 21.3 Å². The number of aryl methyl sites for hydroxylation is 2. The van der Waals surface area contributed by atoms with E-state index in [2.05, 4.69) is 32.0 Å². The van der Waals surface area contributed by atoms with Crippen LogP contribution in [0.3, 0.4) is 0 Å². The molecule has 0 aliphatic heterocycles. The van der Waals surface area contributed by atoms with Crippen LogP contribution in [0.2, 0.25) is 0 Å². The molecule has 3 rings (SSSR count). The van der Waals surface area contributed by atoms with Crippen LogP contribution in [0.5, 0.6) is 11.5 Å². The van der Waals surface area contributed by atoms with Crippen molar-refractivity contribution in [3.8, 4) is 22.6 Å². The van der Waals surface area contributed by atoms with Crippen molar-refractivity contribution < 1.29 is 14.2 Å². The molecule has 0 bridgehead atoms. The van der Waals surface area contributed by atoms with E-state index in [0.29, 0.717) is 6.61 Å². The Morgan fingerprint density at radius 2 is 1.64 bits per heavy atom. The van der Waals surface area contributed by atoms with Gasteiger partial charge in [-0.1, -0.05) is 6.07 Å². The van der Waals surface area contributed by atoms with Gasteiger partial charge in [-0.25, -0.2) is 0 Å². The zero-order chi connectivity index (χ0) is 18.0. The lowest BCUT2D eigenvalue weighted by Gasteiger charge is -2.15. The Morgan fingerprint density at radius 1 is 0.880 bits per heavy atom. The lowest BCUT2D eigenvalue weighted by Crippen LogP contribution is -1.98. The summed E-state index contributed by atoms with van der Waals surface area (Å²) < 4.78 is 16.4. The minimum atomic E-state index is 0.466. The summed E-state index contributed by atoms with van der Waals surface area (Å²) in [7, 11) is 5.04. The van der Waals surface area contributed by atoms with Gasteiger partial charge in [0.25, 0.3) is 0 Å². The fraction of sp³-hybridized carbons (Fsp3) is 0.286. The highest BCUT2D eigenvalue weighted by atomic mass is 16.5. The summed E-state index contributed by atoms with van der Waals surface area (Å²) in [5, 5.41) is 0.993. The van der Waals surface area contributed by atoms with Crippen LogP contribution in [0.4, 0.5) is 0 Å². The van der Waals surface area contributed by atoms with Gasteiger partial charge in [-0.3, -0.25) is 4.98 Å². The summed E-state index contributed by atoms with van der Waals surface area (Å²) in [5.41, 5.74) is 6.30. The molecule has 25 heavy (non-hydrogen) atoms. The van der Waals surface area contributed by atoms with Gasteiger partial charge < -0.3 is 14.2 Å². The standard InChI is InChI=1S/C21H23NO3/c1-13-6-15(10-17(7-13)24-4)18-8-14(2)9-19-20(18)22-11-16(12-23-3)21(19)25-5/h6-11H,12H2,1-5H3. The first kappa shape index (κ1) is 17.2. The van der Waals surface area contributed by atoms with Crippen molar-refractivity contribution in [1.82, 2.24) is 4.98 Å². The summed E-state index contributed by atoms with van der Waals surface area (Å²) in [6, 6.07) is 10.5. The van der Waals surface area contributed by atoms with Crippen LogP contribution in [-0.4, -0.2) is 26.3 Å². The van der Waals surface area contributed by atoms with Crippen LogP contribution in [-0.2, 0) is 11.3 Å². The van der Waals surface area contributed by atoms with Gasteiger partial charge in [-0.2, -0.15) is 0 Å². The Bertz CT molecular complexity index is 919. The van der Waals surface area contributed by atoms with Crippen LogP contribution >= 0.6 is 0 Å². The molecule has 0 radical (unpaired) electrons. The van der Waals surface area contributed by atoms with Crippen molar-refractivity contribution in [3.05, 3.63) is 53.2 Å². The molecule has 0 spiro atoms. The Labute approximate surface area is 148 Å². The van der Waals surface area contributed by atoms with E-state index in [4.69, 9.17) is 19.2 Å².